The Bertz CT molecular complexity index is 425. The Labute approximate surface area is 127 Å². The fourth-order valence-corrected chi connectivity index (χ4v) is 3.46. The van der Waals surface area contributed by atoms with E-state index in [2.05, 4.69) is 5.32 Å². The summed E-state index contributed by atoms with van der Waals surface area (Å²) in [5, 5.41) is 2.86. The fraction of sp³-hybridized carbons (Fsp3) is 0.923. The largest absolute Gasteiger partial charge is 0.382 e. The van der Waals surface area contributed by atoms with Crippen molar-refractivity contribution in [2.45, 2.75) is 26.2 Å². The van der Waals surface area contributed by atoms with Gasteiger partial charge in [-0.1, -0.05) is 0 Å². The highest BCUT2D eigenvalue weighted by atomic mass is 32.2. The molecule has 0 bridgehead atoms. The number of nitrogens with zero attached hydrogens (tertiary/aromatic N) is 2. The number of rotatable bonds is 8. The molecule has 8 heteroatoms. The molecule has 0 unspecified atom stereocenters. The standard InChI is InChI=1S/C13H27N3O4S/c1-4-20-10-6-8-14-13(17)12-7-5-9-16(11-12)21(18,19)15(2)3/h12H,4-11H2,1-3H3,(H,14,17)/t12-/m1/s1. The molecule has 1 N–H and O–H groups in total. The van der Waals surface area contributed by atoms with Gasteiger partial charge >= 0.3 is 0 Å². The average molecular weight is 321 g/mol. The zero-order chi connectivity index (χ0) is 15.9. The Morgan fingerprint density at radius 3 is 2.76 bits per heavy atom. The predicted octanol–water partition coefficient (Wildman–Crippen LogP) is 0.0476. The fourth-order valence-electron chi connectivity index (χ4n) is 2.27. The number of nitrogens with one attached hydrogen (secondary N) is 1. The van der Waals surface area contributed by atoms with Gasteiger partial charge in [0.2, 0.25) is 5.91 Å². The van der Waals surface area contributed by atoms with Crippen LogP contribution in [0.15, 0.2) is 0 Å². The van der Waals surface area contributed by atoms with Crippen molar-refractivity contribution in [1.82, 2.24) is 13.9 Å². The second-order valence-corrected chi connectivity index (χ2v) is 7.47. The summed E-state index contributed by atoms with van der Waals surface area (Å²) in [6.45, 7) is 4.54. The topological polar surface area (TPSA) is 79.0 Å². The Morgan fingerprint density at radius 1 is 1.43 bits per heavy atom. The van der Waals surface area contributed by atoms with Crippen molar-refractivity contribution in [1.29, 1.82) is 0 Å². The molecule has 0 aromatic carbocycles. The van der Waals surface area contributed by atoms with E-state index >= 15 is 0 Å². The van der Waals surface area contributed by atoms with E-state index in [0.717, 1.165) is 12.8 Å². The van der Waals surface area contributed by atoms with Crippen molar-refractivity contribution in [3.05, 3.63) is 0 Å². The minimum atomic E-state index is -3.43. The molecule has 1 fully saturated rings. The molecule has 0 aromatic heterocycles. The lowest BCUT2D eigenvalue weighted by molar-refractivity contribution is -0.126. The van der Waals surface area contributed by atoms with Gasteiger partial charge in [0.05, 0.1) is 5.92 Å². The van der Waals surface area contributed by atoms with Crippen molar-refractivity contribution >= 4 is 16.1 Å². The predicted molar refractivity (Wildman–Crippen MR) is 81.0 cm³/mol. The summed E-state index contributed by atoms with van der Waals surface area (Å²) in [6.07, 6.45) is 2.22. The first-order chi connectivity index (χ1) is 9.89. The van der Waals surface area contributed by atoms with Crippen LogP contribution in [0.25, 0.3) is 0 Å². The van der Waals surface area contributed by atoms with Gasteiger partial charge in [0.1, 0.15) is 0 Å². The monoisotopic (exact) mass is 321 g/mol. The van der Waals surface area contributed by atoms with Gasteiger partial charge in [0.25, 0.3) is 10.2 Å². The van der Waals surface area contributed by atoms with Crippen LogP contribution in [0.2, 0.25) is 0 Å². The van der Waals surface area contributed by atoms with E-state index in [4.69, 9.17) is 4.74 Å². The molecular formula is C13H27N3O4S. The number of hydrogen-bond donors (Lipinski definition) is 1. The Morgan fingerprint density at radius 2 is 2.14 bits per heavy atom. The van der Waals surface area contributed by atoms with Crippen LogP contribution in [0.4, 0.5) is 0 Å². The maximum atomic E-state index is 12.1. The lowest BCUT2D eigenvalue weighted by atomic mass is 9.99. The number of hydrogen-bond acceptors (Lipinski definition) is 4. The highest BCUT2D eigenvalue weighted by Crippen LogP contribution is 2.20. The van der Waals surface area contributed by atoms with Crippen molar-refractivity contribution in [2.75, 3.05) is 46.9 Å². The number of amides is 1. The third-order valence-electron chi connectivity index (χ3n) is 3.51. The molecule has 7 nitrogen and oxygen atoms in total. The summed E-state index contributed by atoms with van der Waals surface area (Å²) in [6, 6.07) is 0. The van der Waals surface area contributed by atoms with Gasteiger partial charge in [-0.15, -0.1) is 0 Å². The van der Waals surface area contributed by atoms with Crippen LogP contribution in [0.5, 0.6) is 0 Å². The summed E-state index contributed by atoms with van der Waals surface area (Å²) in [5.74, 6) is -0.328. The molecule has 1 aliphatic rings. The minimum absolute atomic E-state index is 0.0647. The smallest absolute Gasteiger partial charge is 0.281 e. The zero-order valence-corrected chi connectivity index (χ0v) is 14.0. The quantitative estimate of drug-likeness (QED) is 0.641. The molecule has 124 valence electrons. The third kappa shape index (κ3) is 5.54. The van der Waals surface area contributed by atoms with E-state index in [1.165, 1.54) is 22.7 Å². The lowest BCUT2D eigenvalue weighted by Gasteiger charge is -2.32. The average Bonchev–Trinajstić information content (AvgIpc) is 2.46. The third-order valence-corrected chi connectivity index (χ3v) is 5.42. The minimum Gasteiger partial charge on any atom is -0.382 e. The van der Waals surface area contributed by atoms with Gasteiger partial charge < -0.3 is 10.1 Å². The lowest BCUT2D eigenvalue weighted by Crippen LogP contribution is -2.48. The highest BCUT2D eigenvalue weighted by molar-refractivity contribution is 7.86. The normalized spacial score (nSPS) is 20.7. The van der Waals surface area contributed by atoms with Gasteiger partial charge in [0.15, 0.2) is 0 Å². The molecule has 21 heavy (non-hydrogen) atoms. The van der Waals surface area contributed by atoms with Crippen LogP contribution in [-0.4, -0.2) is 69.9 Å². The van der Waals surface area contributed by atoms with Crippen molar-refractivity contribution in [3.8, 4) is 0 Å². The summed E-state index contributed by atoms with van der Waals surface area (Å²) in [7, 11) is -0.419. The zero-order valence-electron chi connectivity index (χ0n) is 13.2. The molecule has 1 heterocycles. The van der Waals surface area contributed by atoms with Crippen molar-refractivity contribution in [3.63, 3.8) is 0 Å². The van der Waals surface area contributed by atoms with Gasteiger partial charge in [-0.05, 0) is 26.2 Å². The number of piperidine rings is 1. The molecule has 1 amide bonds. The first kappa shape index (κ1) is 18.3. The van der Waals surface area contributed by atoms with Gasteiger partial charge in [-0.25, -0.2) is 0 Å². The number of ether oxygens (including phenoxy) is 1. The van der Waals surface area contributed by atoms with Crippen molar-refractivity contribution < 1.29 is 17.9 Å². The Balaban J connectivity index is 2.43. The highest BCUT2D eigenvalue weighted by Gasteiger charge is 2.33. The maximum absolute atomic E-state index is 12.1. The van der Waals surface area contributed by atoms with Gasteiger partial charge in [-0.2, -0.15) is 17.0 Å². The second kappa shape index (κ2) is 8.67. The van der Waals surface area contributed by atoms with Gasteiger partial charge in [-0.3, -0.25) is 4.79 Å². The first-order valence-electron chi connectivity index (χ1n) is 7.42. The summed E-state index contributed by atoms with van der Waals surface area (Å²) < 4.78 is 32.0. The molecule has 1 aliphatic heterocycles. The van der Waals surface area contributed by atoms with E-state index in [1.807, 2.05) is 6.92 Å². The Hall–Kier alpha value is -0.700. The molecule has 0 aromatic rings. The Kier molecular flexibility index (Phi) is 7.58. The van der Waals surface area contributed by atoms with E-state index in [0.29, 0.717) is 32.7 Å². The van der Waals surface area contributed by atoms with Crippen LogP contribution in [0, 0.1) is 5.92 Å². The molecule has 1 rings (SSSR count). The summed E-state index contributed by atoms with van der Waals surface area (Å²) >= 11 is 0. The van der Waals surface area contributed by atoms with Crippen LogP contribution in [0.1, 0.15) is 26.2 Å². The molecule has 1 atom stereocenters. The van der Waals surface area contributed by atoms with E-state index in [1.54, 1.807) is 0 Å². The maximum Gasteiger partial charge on any atom is 0.281 e. The van der Waals surface area contributed by atoms with Crippen LogP contribution >= 0.6 is 0 Å². The van der Waals surface area contributed by atoms with Crippen LogP contribution < -0.4 is 5.32 Å². The SMILES string of the molecule is CCOCCCNC(=O)[C@@H]1CCCN(S(=O)(=O)N(C)C)C1. The number of carbonyl (C=O) groups is 1. The van der Waals surface area contributed by atoms with E-state index in [9.17, 15) is 13.2 Å². The van der Waals surface area contributed by atoms with Gasteiger partial charge in [0, 0.05) is 46.9 Å². The second-order valence-electron chi connectivity index (χ2n) is 5.33. The molecule has 0 spiro atoms. The van der Waals surface area contributed by atoms with Crippen molar-refractivity contribution in [2.24, 2.45) is 5.92 Å². The molecule has 0 radical (unpaired) electrons. The molecular weight excluding hydrogens is 294 g/mol. The summed E-state index contributed by atoms with van der Waals surface area (Å²) in [5.41, 5.74) is 0. The van der Waals surface area contributed by atoms with Crippen LogP contribution in [-0.2, 0) is 19.7 Å². The summed E-state index contributed by atoms with van der Waals surface area (Å²) in [4.78, 5) is 12.1. The molecule has 0 aliphatic carbocycles. The van der Waals surface area contributed by atoms with Crippen LogP contribution in [0.3, 0.4) is 0 Å². The number of carbonyl (C=O) groups excluding carboxylic acids is 1. The van der Waals surface area contributed by atoms with E-state index in [-0.39, 0.29) is 18.4 Å². The molecule has 0 saturated carbocycles. The van der Waals surface area contributed by atoms with E-state index < -0.39 is 10.2 Å². The first-order valence-corrected chi connectivity index (χ1v) is 8.82. The molecule has 1 saturated heterocycles.